The van der Waals surface area contributed by atoms with Gasteiger partial charge in [-0.25, -0.2) is 0 Å². The molecule has 0 N–H and O–H groups in total. The number of thiol groups is 1. The Balaban J connectivity index is 1.77. The largest absolute Gasteiger partial charge is 0.467 e. The van der Waals surface area contributed by atoms with Crippen LogP contribution in [0.5, 0.6) is 0 Å². The van der Waals surface area contributed by atoms with Gasteiger partial charge in [-0.05, 0) is 36.8 Å². The van der Waals surface area contributed by atoms with E-state index >= 15 is 0 Å². The summed E-state index contributed by atoms with van der Waals surface area (Å²) in [7, 11) is 0. The topological polar surface area (TPSA) is 67.6 Å². The molecule has 28 heavy (non-hydrogen) atoms. The second-order valence-electron chi connectivity index (χ2n) is 6.55. The van der Waals surface area contributed by atoms with Gasteiger partial charge in [0.25, 0.3) is 0 Å². The van der Waals surface area contributed by atoms with Crippen LogP contribution in [-0.4, -0.2) is 14.8 Å². The number of nitriles is 1. The number of aromatic nitrogens is 3. The van der Waals surface area contributed by atoms with Crippen molar-refractivity contribution in [3.63, 3.8) is 0 Å². The first-order chi connectivity index (χ1) is 13.7. The van der Waals surface area contributed by atoms with Crippen molar-refractivity contribution >= 4 is 12.6 Å². The van der Waals surface area contributed by atoms with Crippen LogP contribution in [0.1, 0.15) is 33.5 Å². The van der Waals surface area contributed by atoms with Gasteiger partial charge in [-0.15, -0.1) is 10.2 Å². The average molecular weight is 386 g/mol. The molecule has 0 spiro atoms. The lowest BCUT2D eigenvalue weighted by molar-refractivity contribution is 0.490. The van der Waals surface area contributed by atoms with E-state index in [4.69, 9.17) is 22.3 Å². The summed E-state index contributed by atoms with van der Waals surface area (Å²) in [5.41, 5.74) is 3.73. The van der Waals surface area contributed by atoms with Crippen LogP contribution in [0.3, 0.4) is 0 Å². The van der Waals surface area contributed by atoms with E-state index in [-0.39, 0.29) is 5.25 Å². The summed E-state index contributed by atoms with van der Waals surface area (Å²) in [4.78, 5) is 0. The molecule has 1 unspecified atom stereocenters. The number of nitrogens with zero attached hydrogens (tertiary/aromatic N) is 4. The molecule has 2 aromatic heterocycles. The van der Waals surface area contributed by atoms with Crippen molar-refractivity contribution in [3.8, 4) is 17.5 Å². The molecule has 4 rings (SSSR count). The highest BCUT2D eigenvalue weighted by molar-refractivity contribution is 7.80. The summed E-state index contributed by atoms with van der Waals surface area (Å²) in [5, 5.41) is 17.6. The van der Waals surface area contributed by atoms with Crippen molar-refractivity contribution < 1.29 is 4.42 Å². The molecule has 4 aromatic rings. The molecule has 0 saturated carbocycles. The molecule has 0 aliphatic rings. The Morgan fingerprint density at radius 2 is 1.82 bits per heavy atom. The molecule has 0 bridgehead atoms. The van der Waals surface area contributed by atoms with Crippen LogP contribution in [-0.2, 0) is 6.54 Å². The average Bonchev–Trinajstić information content (AvgIpc) is 3.39. The lowest BCUT2D eigenvalue weighted by atomic mass is 10.1. The van der Waals surface area contributed by atoms with Crippen LogP contribution in [0, 0.1) is 18.3 Å². The zero-order chi connectivity index (χ0) is 19.5. The summed E-state index contributed by atoms with van der Waals surface area (Å²) < 4.78 is 7.58. The molecule has 6 heteroatoms. The fourth-order valence-corrected chi connectivity index (χ4v) is 3.40. The van der Waals surface area contributed by atoms with Gasteiger partial charge >= 0.3 is 0 Å². The second-order valence-corrected chi connectivity index (χ2v) is 7.07. The van der Waals surface area contributed by atoms with E-state index in [1.807, 2.05) is 41.0 Å². The monoisotopic (exact) mass is 386 g/mol. The van der Waals surface area contributed by atoms with Crippen LogP contribution < -0.4 is 0 Å². The number of furan rings is 1. The first-order valence-corrected chi connectivity index (χ1v) is 9.38. The zero-order valence-electron chi connectivity index (χ0n) is 15.3. The molecule has 1 atom stereocenters. The van der Waals surface area contributed by atoms with E-state index in [0.717, 1.165) is 28.5 Å². The first-order valence-electron chi connectivity index (χ1n) is 8.86. The highest BCUT2D eigenvalue weighted by Crippen LogP contribution is 2.31. The van der Waals surface area contributed by atoms with Gasteiger partial charge < -0.3 is 8.98 Å². The minimum absolute atomic E-state index is 0.283. The third-order valence-corrected chi connectivity index (χ3v) is 5.11. The molecule has 5 nitrogen and oxygen atoms in total. The Morgan fingerprint density at radius 3 is 2.46 bits per heavy atom. The number of hydrogen-bond acceptors (Lipinski definition) is 5. The van der Waals surface area contributed by atoms with Gasteiger partial charge in [0.2, 0.25) is 0 Å². The van der Waals surface area contributed by atoms with Crippen LogP contribution >= 0.6 is 12.6 Å². The van der Waals surface area contributed by atoms with Crippen molar-refractivity contribution in [1.82, 2.24) is 14.8 Å². The minimum Gasteiger partial charge on any atom is -0.467 e. The van der Waals surface area contributed by atoms with Crippen LogP contribution in [0.15, 0.2) is 71.3 Å². The van der Waals surface area contributed by atoms with Gasteiger partial charge in [-0.1, -0.05) is 42.0 Å². The van der Waals surface area contributed by atoms with Crippen molar-refractivity contribution in [2.24, 2.45) is 0 Å². The number of hydrogen-bond donors (Lipinski definition) is 1. The lowest BCUT2D eigenvalue weighted by Gasteiger charge is -2.14. The van der Waals surface area contributed by atoms with Crippen molar-refractivity contribution in [3.05, 3.63) is 95.2 Å². The molecule has 0 aliphatic carbocycles. The minimum atomic E-state index is -0.283. The third kappa shape index (κ3) is 3.57. The summed E-state index contributed by atoms with van der Waals surface area (Å²) >= 11 is 4.80. The Kier molecular flexibility index (Phi) is 5.00. The summed E-state index contributed by atoms with van der Waals surface area (Å²) in [6.07, 6.45) is 1.66. The molecule has 2 heterocycles. The van der Waals surface area contributed by atoms with Crippen molar-refractivity contribution in [2.45, 2.75) is 18.7 Å². The molecule has 2 aromatic carbocycles. The molecule has 0 fully saturated rings. The fraction of sp³-hybridized carbons (Fsp3) is 0.136. The smallest absolute Gasteiger partial charge is 0.164 e. The number of aryl methyl sites for hydroxylation is 1. The summed E-state index contributed by atoms with van der Waals surface area (Å²) in [6, 6.07) is 21.5. The standard InChI is InChI=1S/C22H18N4OS/c1-15-4-8-18(9-5-15)21-24-25-22(26(21)14-19-3-2-12-27-19)20(28)17-10-6-16(13-23)7-11-17/h2-12,20,28H,14H2,1H3. The summed E-state index contributed by atoms with van der Waals surface area (Å²) in [5.74, 6) is 2.30. The summed E-state index contributed by atoms with van der Waals surface area (Å²) in [6.45, 7) is 2.56. The highest BCUT2D eigenvalue weighted by atomic mass is 32.1. The van der Waals surface area contributed by atoms with Crippen LogP contribution in [0.25, 0.3) is 11.4 Å². The fourth-order valence-electron chi connectivity index (χ4n) is 3.04. The normalized spacial score (nSPS) is 11.9. The van der Waals surface area contributed by atoms with Gasteiger partial charge in [-0.2, -0.15) is 17.9 Å². The molecule has 0 amide bonds. The van der Waals surface area contributed by atoms with Gasteiger partial charge in [0, 0.05) is 5.56 Å². The maximum absolute atomic E-state index is 9.01. The quantitative estimate of drug-likeness (QED) is 0.501. The molecule has 0 radical (unpaired) electrons. The van der Waals surface area contributed by atoms with Gasteiger partial charge in [0.15, 0.2) is 11.6 Å². The maximum atomic E-state index is 9.01. The van der Waals surface area contributed by atoms with Crippen molar-refractivity contribution in [1.29, 1.82) is 5.26 Å². The molecule has 0 saturated heterocycles. The maximum Gasteiger partial charge on any atom is 0.164 e. The van der Waals surface area contributed by atoms with Crippen molar-refractivity contribution in [2.75, 3.05) is 0 Å². The second kappa shape index (κ2) is 7.75. The third-order valence-electron chi connectivity index (χ3n) is 4.58. The SMILES string of the molecule is Cc1ccc(-c2nnc(C(S)c3ccc(C#N)cc3)n2Cc2ccco2)cc1. The Bertz CT molecular complexity index is 1110. The van der Waals surface area contributed by atoms with E-state index in [1.165, 1.54) is 5.56 Å². The van der Waals surface area contributed by atoms with E-state index in [0.29, 0.717) is 12.1 Å². The first kappa shape index (κ1) is 18.1. The van der Waals surface area contributed by atoms with Gasteiger partial charge in [-0.3, -0.25) is 0 Å². The Labute approximate surface area is 168 Å². The Hall–Kier alpha value is -3.30. The van der Waals surface area contributed by atoms with Crippen LogP contribution in [0.4, 0.5) is 0 Å². The van der Waals surface area contributed by atoms with E-state index in [1.54, 1.807) is 18.4 Å². The van der Waals surface area contributed by atoms with E-state index in [2.05, 4.69) is 35.3 Å². The van der Waals surface area contributed by atoms with Gasteiger partial charge in [0.05, 0.1) is 29.7 Å². The molecular formula is C22H18N4OS. The zero-order valence-corrected chi connectivity index (χ0v) is 16.2. The van der Waals surface area contributed by atoms with Gasteiger partial charge in [0.1, 0.15) is 5.76 Å². The lowest BCUT2D eigenvalue weighted by Crippen LogP contribution is -2.09. The molecule has 0 aliphatic heterocycles. The Morgan fingerprint density at radius 1 is 1.07 bits per heavy atom. The van der Waals surface area contributed by atoms with Crippen LogP contribution in [0.2, 0.25) is 0 Å². The predicted molar refractivity (Wildman–Crippen MR) is 110 cm³/mol. The van der Waals surface area contributed by atoms with E-state index < -0.39 is 0 Å². The number of rotatable bonds is 5. The molecular weight excluding hydrogens is 368 g/mol. The predicted octanol–water partition coefficient (Wildman–Crippen LogP) is 4.79. The molecule has 138 valence electrons. The highest BCUT2D eigenvalue weighted by Gasteiger charge is 2.21. The number of benzene rings is 2. The van der Waals surface area contributed by atoms with E-state index in [9.17, 15) is 0 Å².